The Bertz CT molecular complexity index is 1020. The van der Waals surface area contributed by atoms with E-state index in [0.717, 1.165) is 0 Å². The largest absolute Gasteiger partial charge is 0.478 e. The van der Waals surface area contributed by atoms with Gasteiger partial charge in [-0.05, 0) is 30.4 Å². The number of furan rings is 1. The second-order valence-electron chi connectivity index (χ2n) is 5.07. The van der Waals surface area contributed by atoms with Gasteiger partial charge in [-0.15, -0.1) is 0 Å². The third kappa shape index (κ3) is 3.61. The van der Waals surface area contributed by atoms with Crippen molar-refractivity contribution >= 4 is 34.9 Å². The number of aromatic carboxylic acids is 1. The van der Waals surface area contributed by atoms with E-state index < -0.39 is 10.9 Å². The molecule has 0 unspecified atom stereocenters. The highest BCUT2D eigenvalue weighted by Gasteiger charge is 2.10. The Morgan fingerprint density at radius 3 is 2.64 bits per heavy atom. The second-order valence-corrected chi connectivity index (χ2v) is 5.07. The SMILES string of the molecule is O=C(O)c1cc(C=CC=Cc2ccc([N+](=O)[O-])o2)nc2ccccc12. The van der Waals surface area contributed by atoms with E-state index in [1.54, 1.807) is 48.6 Å². The fourth-order valence-electron chi connectivity index (χ4n) is 2.29. The molecule has 0 aliphatic carbocycles. The number of hydrogen-bond donors (Lipinski definition) is 1. The van der Waals surface area contributed by atoms with Crippen LogP contribution in [0.5, 0.6) is 0 Å². The summed E-state index contributed by atoms with van der Waals surface area (Å²) in [5.74, 6) is -1.01. The molecule has 7 nitrogen and oxygen atoms in total. The Hall–Kier alpha value is -3.74. The number of rotatable bonds is 5. The van der Waals surface area contributed by atoms with Crippen LogP contribution in [0.3, 0.4) is 0 Å². The van der Waals surface area contributed by atoms with E-state index >= 15 is 0 Å². The summed E-state index contributed by atoms with van der Waals surface area (Å²) in [7, 11) is 0. The van der Waals surface area contributed by atoms with Crippen molar-refractivity contribution < 1.29 is 19.2 Å². The molecule has 3 aromatic rings. The standard InChI is InChI=1S/C18H12N2O5/c21-18(22)15-11-12(19-16-8-4-3-7-14(15)16)5-1-2-6-13-9-10-17(25-13)20(23)24/h1-11H,(H,21,22). The lowest BCUT2D eigenvalue weighted by molar-refractivity contribution is -0.402. The van der Waals surface area contributed by atoms with Gasteiger partial charge in [0.25, 0.3) is 0 Å². The van der Waals surface area contributed by atoms with E-state index in [0.29, 0.717) is 22.4 Å². The first-order chi connectivity index (χ1) is 12.0. The Labute approximate surface area is 141 Å². The molecule has 0 saturated heterocycles. The van der Waals surface area contributed by atoms with Crippen molar-refractivity contribution in [1.82, 2.24) is 4.98 Å². The molecule has 0 aliphatic rings. The summed E-state index contributed by atoms with van der Waals surface area (Å²) in [6.45, 7) is 0. The van der Waals surface area contributed by atoms with Gasteiger partial charge in [0.1, 0.15) is 10.7 Å². The number of pyridine rings is 1. The number of nitro groups is 1. The summed E-state index contributed by atoms with van der Waals surface area (Å²) in [6.07, 6.45) is 6.48. The molecule has 2 heterocycles. The number of para-hydroxylation sites is 1. The van der Waals surface area contributed by atoms with E-state index in [4.69, 9.17) is 4.42 Å². The summed E-state index contributed by atoms with van der Waals surface area (Å²) < 4.78 is 4.99. The molecule has 0 amide bonds. The lowest BCUT2D eigenvalue weighted by atomic mass is 10.1. The number of carboxylic acid groups (broad SMARTS) is 1. The predicted molar refractivity (Wildman–Crippen MR) is 92.1 cm³/mol. The molecule has 3 rings (SSSR count). The van der Waals surface area contributed by atoms with Crippen molar-refractivity contribution in [1.29, 1.82) is 0 Å². The fourth-order valence-corrected chi connectivity index (χ4v) is 2.29. The fraction of sp³-hybridized carbons (Fsp3) is 0. The van der Waals surface area contributed by atoms with Crippen LogP contribution in [0.2, 0.25) is 0 Å². The molecule has 0 saturated carbocycles. The van der Waals surface area contributed by atoms with Gasteiger partial charge in [0.2, 0.25) is 0 Å². The molecular weight excluding hydrogens is 324 g/mol. The zero-order valence-electron chi connectivity index (χ0n) is 12.8. The molecule has 1 aromatic carbocycles. The van der Waals surface area contributed by atoms with Gasteiger partial charge >= 0.3 is 11.9 Å². The first-order valence-corrected chi connectivity index (χ1v) is 7.26. The Kier molecular flexibility index (Phi) is 4.38. The van der Waals surface area contributed by atoms with E-state index in [1.807, 2.05) is 0 Å². The molecule has 0 spiro atoms. The van der Waals surface area contributed by atoms with Gasteiger partial charge in [-0.1, -0.05) is 30.4 Å². The molecule has 2 aromatic heterocycles. The number of nitrogens with zero attached hydrogens (tertiary/aromatic N) is 2. The van der Waals surface area contributed by atoms with Gasteiger partial charge in [0.15, 0.2) is 0 Å². The number of benzene rings is 1. The average molecular weight is 336 g/mol. The van der Waals surface area contributed by atoms with Crippen molar-refractivity contribution in [3.05, 3.63) is 81.7 Å². The van der Waals surface area contributed by atoms with Gasteiger partial charge in [0, 0.05) is 5.39 Å². The Morgan fingerprint density at radius 2 is 1.92 bits per heavy atom. The molecule has 0 atom stereocenters. The van der Waals surface area contributed by atoms with E-state index in [-0.39, 0.29) is 11.4 Å². The van der Waals surface area contributed by atoms with Crippen LogP contribution in [0, 0.1) is 10.1 Å². The molecule has 1 N–H and O–H groups in total. The maximum atomic E-state index is 11.4. The maximum Gasteiger partial charge on any atom is 0.433 e. The lowest BCUT2D eigenvalue weighted by Crippen LogP contribution is -1.99. The number of hydrogen-bond acceptors (Lipinski definition) is 5. The minimum Gasteiger partial charge on any atom is -0.478 e. The third-order valence-corrected chi connectivity index (χ3v) is 3.40. The van der Waals surface area contributed by atoms with E-state index in [2.05, 4.69) is 4.98 Å². The summed E-state index contributed by atoms with van der Waals surface area (Å²) in [6, 6.07) is 11.3. The van der Waals surface area contributed by atoms with E-state index in [1.165, 1.54) is 18.2 Å². The number of allylic oxidation sites excluding steroid dienone is 2. The molecule has 0 aliphatic heterocycles. The van der Waals surface area contributed by atoms with Gasteiger partial charge in [-0.3, -0.25) is 10.1 Å². The van der Waals surface area contributed by atoms with Crippen molar-refractivity contribution in [2.75, 3.05) is 0 Å². The highest BCUT2D eigenvalue weighted by atomic mass is 16.6. The molecular formula is C18H12N2O5. The van der Waals surface area contributed by atoms with Crippen LogP contribution in [0.25, 0.3) is 23.1 Å². The van der Waals surface area contributed by atoms with Crippen LogP contribution >= 0.6 is 0 Å². The smallest absolute Gasteiger partial charge is 0.433 e. The highest BCUT2D eigenvalue weighted by Crippen LogP contribution is 2.19. The normalized spacial score (nSPS) is 11.5. The molecule has 124 valence electrons. The first kappa shape index (κ1) is 16.1. The molecule has 0 fully saturated rings. The number of carbonyl (C=O) groups is 1. The quantitative estimate of drug-likeness (QED) is 0.426. The minimum atomic E-state index is -1.02. The van der Waals surface area contributed by atoms with E-state index in [9.17, 15) is 20.0 Å². The zero-order chi connectivity index (χ0) is 17.8. The topological polar surface area (TPSA) is 106 Å². The lowest BCUT2D eigenvalue weighted by Gasteiger charge is -2.03. The molecule has 0 bridgehead atoms. The minimum absolute atomic E-state index is 0.177. The summed E-state index contributed by atoms with van der Waals surface area (Å²) in [5.41, 5.74) is 1.26. The van der Waals surface area contributed by atoms with Crippen molar-refractivity contribution in [3.8, 4) is 0 Å². The molecule has 25 heavy (non-hydrogen) atoms. The summed E-state index contributed by atoms with van der Waals surface area (Å²) in [5, 5.41) is 20.5. The molecule has 0 radical (unpaired) electrons. The zero-order valence-corrected chi connectivity index (χ0v) is 12.8. The summed E-state index contributed by atoms with van der Waals surface area (Å²) >= 11 is 0. The summed E-state index contributed by atoms with van der Waals surface area (Å²) in [4.78, 5) is 25.7. The maximum absolute atomic E-state index is 11.4. The van der Waals surface area contributed by atoms with Gasteiger partial charge < -0.3 is 9.52 Å². The van der Waals surface area contributed by atoms with Crippen LogP contribution in [0.1, 0.15) is 21.8 Å². The average Bonchev–Trinajstić information content (AvgIpc) is 3.07. The third-order valence-electron chi connectivity index (χ3n) is 3.40. The van der Waals surface area contributed by atoms with Gasteiger partial charge in [-0.2, -0.15) is 0 Å². The van der Waals surface area contributed by atoms with Gasteiger partial charge in [0.05, 0.1) is 22.8 Å². The van der Waals surface area contributed by atoms with Crippen molar-refractivity contribution in [2.45, 2.75) is 0 Å². The van der Waals surface area contributed by atoms with Gasteiger partial charge in [-0.25, -0.2) is 9.78 Å². The van der Waals surface area contributed by atoms with Crippen LogP contribution in [-0.4, -0.2) is 21.0 Å². The monoisotopic (exact) mass is 336 g/mol. The Balaban J connectivity index is 1.84. The first-order valence-electron chi connectivity index (χ1n) is 7.26. The number of fused-ring (bicyclic) bond motifs is 1. The second kappa shape index (κ2) is 6.79. The van der Waals surface area contributed by atoms with Crippen LogP contribution < -0.4 is 0 Å². The van der Waals surface area contributed by atoms with Crippen molar-refractivity contribution in [3.63, 3.8) is 0 Å². The van der Waals surface area contributed by atoms with Crippen LogP contribution in [0.4, 0.5) is 5.88 Å². The highest BCUT2D eigenvalue weighted by molar-refractivity contribution is 6.02. The van der Waals surface area contributed by atoms with Crippen LogP contribution in [-0.2, 0) is 0 Å². The van der Waals surface area contributed by atoms with Crippen molar-refractivity contribution in [2.24, 2.45) is 0 Å². The predicted octanol–water partition coefficient (Wildman–Crippen LogP) is 4.16. The number of aromatic nitrogens is 1. The molecule has 7 heteroatoms. The number of carboxylic acids is 1. The Morgan fingerprint density at radius 1 is 1.16 bits per heavy atom. The van der Waals surface area contributed by atoms with Crippen LogP contribution in [0.15, 0.2) is 59.0 Å².